The van der Waals surface area contributed by atoms with Gasteiger partial charge in [0.15, 0.2) is 5.82 Å². The van der Waals surface area contributed by atoms with Gasteiger partial charge in [0.2, 0.25) is 10.0 Å². The van der Waals surface area contributed by atoms with Gasteiger partial charge >= 0.3 is 0 Å². The minimum atomic E-state index is -3.31. The molecule has 1 aromatic rings. The molecule has 1 aliphatic heterocycles. The Hall–Kier alpha value is -1.25. The number of sulfonamides is 1. The lowest BCUT2D eigenvalue weighted by Crippen LogP contribution is -2.33. The summed E-state index contributed by atoms with van der Waals surface area (Å²) in [4.78, 5) is 2.39. The number of nitrogens with one attached hydrogen (secondary N) is 1. The summed E-state index contributed by atoms with van der Waals surface area (Å²) in [6.45, 7) is 11.9. The molecular weight excluding hydrogens is 338 g/mol. The van der Waals surface area contributed by atoms with Gasteiger partial charge in [0.05, 0.1) is 12.3 Å². The number of nitrogens with zero attached hydrogens (tertiary/aromatic N) is 4. The lowest BCUT2D eigenvalue weighted by molar-refractivity contribution is 0.304. The molecule has 1 unspecified atom stereocenters. The molecule has 2 heterocycles. The largest absolute Gasteiger partial charge is 0.312 e. The summed E-state index contributed by atoms with van der Waals surface area (Å²) in [5.74, 6) is 2.31. The van der Waals surface area contributed by atoms with Crippen LogP contribution in [0.4, 0.5) is 0 Å². The van der Waals surface area contributed by atoms with Crippen LogP contribution >= 0.6 is 0 Å². The van der Waals surface area contributed by atoms with E-state index in [0.717, 1.165) is 44.2 Å². The van der Waals surface area contributed by atoms with Crippen molar-refractivity contribution >= 4 is 10.0 Å². The Bertz CT molecular complexity index is 694. The molecular formula is C17H31N5O2S. The highest BCUT2D eigenvalue weighted by Gasteiger charge is 2.28. The van der Waals surface area contributed by atoms with Crippen LogP contribution in [0.25, 0.3) is 0 Å². The highest BCUT2D eigenvalue weighted by molar-refractivity contribution is 7.88. The zero-order valence-electron chi connectivity index (χ0n) is 15.9. The van der Waals surface area contributed by atoms with E-state index < -0.39 is 10.0 Å². The summed E-state index contributed by atoms with van der Waals surface area (Å²) >= 11 is 0. The molecule has 0 saturated carbocycles. The van der Waals surface area contributed by atoms with Crippen LogP contribution in [0.15, 0.2) is 12.2 Å². The lowest BCUT2D eigenvalue weighted by atomic mass is 10.1. The monoisotopic (exact) mass is 369 g/mol. The van der Waals surface area contributed by atoms with Crippen molar-refractivity contribution in [3.63, 3.8) is 0 Å². The van der Waals surface area contributed by atoms with Gasteiger partial charge in [-0.25, -0.2) is 13.1 Å². The van der Waals surface area contributed by atoms with Crippen LogP contribution in [0.1, 0.15) is 45.4 Å². The summed E-state index contributed by atoms with van der Waals surface area (Å²) in [5, 5.41) is 8.64. The molecule has 0 saturated heterocycles. The molecule has 0 bridgehead atoms. The maximum atomic E-state index is 11.7. The average Bonchev–Trinajstić information content (AvgIpc) is 2.77. The number of hydrogen-bond donors (Lipinski definition) is 1. The molecule has 142 valence electrons. The summed E-state index contributed by atoms with van der Waals surface area (Å²) < 4.78 is 28.2. The molecule has 0 spiro atoms. The van der Waals surface area contributed by atoms with Crippen molar-refractivity contribution in [2.24, 2.45) is 11.8 Å². The van der Waals surface area contributed by atoms with Gasteiger partial charge in [-0.2, -0.15) is 0 Å². The van der Waals surface area contributed by atoms with Crippen LogP contribution in [-0.2, 0) is 23.0 Å². The molecule has 0 fully saturated rings. The molecule has 0 radical (unpaired) electrons. The Morgan fingerprint density at radius 2 is 1.88 bits per heavy atom. The number of allylic oxidation sites excluding steroid dienone is 1. The lowest BCUT2D eigenvalue weighted by Gasteiger charge is -2.22. The van der Waals surface area contributed by atoms with Gasteiger partial charge in [0.25, 0.3) is 0 Å². The molecule has 0 aliphatic carbocycles. The van der Waals surface area contributed by atoms with Gasteiger partial charge in [-0.1, -0.05) is 39.8 Å². The first-order valence-electron chi connectivity index (χ1n) is 8.95. The smallest absolute Gasteiger partial charge is 0.209 e. The van der Waals surface area contributed by atoms with Crippen molar-refractivity contribution in [1.82, 2.24) is 24.4 Å². The third-order valence-corrected chi connectivity index (χ3v) is 5.00. The van der Waals surface area contributed by atoms with E-state index in [4.69, 9.17) is 0 Å². The van der Waals surface area contributed by atoms with Crippen molar-refractivity contribution in [3.8, 4) is 0 Å². The molecule has 1 atom stereocenters. The summed E-state index contributed by atoms with van der Waals surface area (Å²) in [5.41, 5.74) is 0. The molecule has 0 amide bonds. The number of hydrogen-bond acceptors (Lipinski definition) is 5. The van der Waals surface area contributed by atoms with E-state index in [0.29, 0.717) is 5.92 Å². The highest BCUT2D eigenvalue weighted by atomic mass is 32.2. The van der Waals surface area contributed by atoms with Crippen molar-refractivity contribution in [2.45, 2.75) is 46.7 Å². The standard InChI is InChI=1S/C17H31N5O2S/c1-13(2)7-6-9-21-10-8-15-18-19-17(22(15)12-11-21)16(14(3)4)20-25(5,23)24/h6-7,13-14,16,20H,8-12H2,1-5H3. The Labute approximate surface area is 151 Å². The van der Waals surface area contributed by atoms with Crippen molar-refractivity contribution < 1.29 is 8.42 Å². The van der Waals surface area contributed by atoms with Gasteiger partial charge in [0, 0.05) is 32.6 Å². The van der Waals surface area contributed by atoms with E-state index in [2.05, 4.69) is 50.4 Å². The summed E-state index contributed by atoms with van der Waals surface area (Å²) in [6.07, 6.45) is 6.46. The van der Waals surface area contributed by atoms with E-state index in [9.17, 15) is 8.42 Å². The molecule has 1 N–H and O–H groups in total. The Morgan fingerprint density at radius 1 is 1.16 bits per heavy atom. The zero-order chi connectivity index (χ0) is 18.6. The minimum absolute atomic E-state index is 0.0938. The van der Waals surface area contributed by atoms with E-state index in [1.165, 1.54) is 6.26 Å². The Kier molecular flexibility index (Phi) is 6.76. The maximum absolute atomic E-state index is 11.7. The Balaban J connectivity index is 2.14. The molecule has 1 aliphatic rings. The third kappa shape index (κ3) is 5.90. The minimum Gasteiger partial charge on any atom is -0.312 e. The van der Waals surface area contributed by atoms with Gasteiger partial charge in [0.1, 0.15) is 5.82 Å². The van der Waals surface area contributed by atoms with Crippen LogP contribution in [0.5, 0.6) is 0 Å². The van der Waals surface area contributed by atoms with Gasteiger partial charge in [-0.05, 0) is 11.8 Å². The van der Waals surface area contributed by atoms with Crippen LogP contribution in [0.3, 0.4) is 0 Å². The van der Waals surface area contributed by atoms with Crippen LogP contribution < -0.4 is 4.72 Å². The van der Waals surface area contributed by atoms with E-state index in [1.807, 2.05) is 13.8 Å². The normalized spacial score (nSPS) is 18.0. The first-order valence-corrected chi connectivity index (χ1v) is 10.8. The SMILES string of the molecule is CC(C)C=CCN1CCc2nnc(C(NS(C)(=O)=O)C(C)C)n2CC1. The van der Waals surface area contributed by atoms with Crippen molar-refractivity contribution in [1.29, 1.82) is 0 Å². The quantitative estimate of drug-likeness (QED) is 0.739. The topological polar surface area (TPSA) is 80.1 Å². The number of rotatable bonds is 7. The second-order valence-electron chi connectivity index (χ2n) is 7.46. The highest BCUT2D eigenvalue weighted by Crippen LogP contribution is 2.23. The van der Waals surface area contributed by atoms with Gasteiger partial charge in [-0.3, -0.25) is 4.90 Å². The second kappa shape index (κ2) is 8.42. The summed E-state index contributed by atoms with van der Waals surface area (Å²) in [7, 11) is -3.31. The fourth-order valence-electron chi connectivity index (χ4n) is 3.00. The average molecular weight is 370 g/mol. The van der Waals surface area contributed by atoms with Crippen LogP contribution in [0, 0.1) is 11.8 Å². The molecule has 8 heteroatoms. The molecule has 2 rings (SSSR count). The van der Waals surface area contributed by atoms with Crippen LogP contribution in [-0.4, -0.2) is 54.0 Å². The number of aromatic nitrogens is 3. The van der Waals surface area contributed by atoms with Crippen molar-refractivity contribution in [3.05, 3.63) is 23.8 Å². The molecule has 25 heavy (non-hydrogen) atoms. The van der Waals surface area contributed by atoms with Crippen molar-refractivity contribution in [2.75, 3.05) is 25.9 Å². The van der Waals surface area contributed by atoms with Gasteiger partial charge in [-0.15, -0.1) is 10.2 Å². The third-order valence-electron chi connectivity index (χ3n) is 4.32. The van der Waals surface area contributed by atoms with E-state index in [1.54, 1.807) is 0 Å². The first-order chi connectivity index (χ1) is 11.7. The molecule has 0 aromatic carbocycles. The van der Waals surface area contributed by atoms with E-state index in [-0.39, 0.29) is 12.0 Å². The first kappa shape index (κ1) is 20.1. The van der Waals surface area contributed by atoms with Crippen LogP contribution in [0.2, 0.25) is 0 Å². The second-order valence-corrected chi connectivity index (χ2v) is 9.24. The zero-order valence-corrected chi connectivity index (χ0v) is 16.8. The fourth-order valence-corrected chi connectivity index (χ4v) is 3.84. The maximum Gasteiger partial charge on any atom is 0.209 e. The fraction of sp³-hybridized carbons (Fsp3) is 0.765. The van der Waals surface area contributed by atoms with E-state index >= 15 is 0 Å². The molecule has 7 nitrogen and oxygen atoms in total. The molecule has 1 aromatic heterocycles. The Morgan fingerprint density at radius 3 is 2.48 bits per heavy atom. The number of fused-ring (bicyclic) bond motifs is 1. The predicted octanol–water partition coefficient (Wildman–Crippen LogP) is 1.59. The summed E-state index contributed by atoms with van der Waals surface area (Å²) in [6, 6.07) is -0.358. The predicted molar refractivity (Wildman–Crippen MR) is 99.7 cm³/mol. The van der Waals surface area contributed by atoms with Gasteiger partial charge < -0.3 is 4.57 Å².